The van der Waals surface area contributed by atoms with Gasteiger partial charge in [-0.3, -0.25) is 9.20 Å². The van der Waals surface area contributed by atoms with Gasteiger partial charge in [-0.1, -0.05) is 19.1 Å². The summed E-state index contributed by atoms with van der Waals surface area (Å²) in [6, 6.07) is 18.9. The van der Waals surface area contributed by atoms with E-state index in [4.69, 9.17) is 0 Å². The minimum absolute atomic E-state index is 0.131. The molecule has 0 unspecified atom stereocenters. The van der Waals surface area contributed by atoms with Gasteiger partial charge in [0.25, 0.3) is 5.91 Å². The Bertz CT molecular complexity index is 1330. The van der Waals surface area contributed by atoms with Crippen molar-refractivity contribution in [1.29, 1.82) is 0 Å². The molecule has 1 fully saturated rings. The van der Waals surface area contributed by atoms with Crippen LogP contribution in [0.25, 0.3) is 5.65 Å². The molecular formula is C27H27BrFN5O. The molecular weight excluding hydrogens is 509 g/mol. The second kappa shape index (κ2) is 10.1. The number of imidazole rings is 1. The summed E-state index contributed by atoms with van der Waals surface area (Å²) in [5.74, 6) is -0.338. The zero-order chi connectivity index (χ0) is 24.4. The highest BCUT2D eigenvalue weighted by atomic mass is 79.9. The molecule has 180 valence electrons. The van der Waals surface area contributed by atoms with Crippen LogP contribution in [0.5, 0.6) is 0 Å². The van der Waals surface area contributed by atoms with Crippen LogP contribution in [0.3, 0.4) is 0 Å². The minimum Gasteiger partial charge on any atom is -0.368 e. The number of hydrogen-bond donors (Lipinski definition) is 1. The molecule has 0 bridgehead atoms. The molecule has 1 amide bonds. The maximum atomic E-state index is 13.2. The van der Waals surface area contributed by atoms with E-state index in [1.165, 1.54) is 17.8 Å². The number of halogens is 2. The molecule has 2 aromatic heterocycles. The fourth-order valence-electron chi connectivity index (χ4n) is 4.53. The van der Waals surface area contributed by atoms with Crippen molar-refractivity contribution >= 4 is 38.9 Å². The molecule has 5 rings (SSSR count). The van der Waals surface area contributed by atoms with Crippen LogP contribution in [-0.2, 0) is 13.0 Å². The lowest BCUT2D eigenvalue weighted by atomic mass is 10.1. The molecule has 2 aromatic carbocycles. The summed E-state index contributed by atoms with van der Waals surface area (Å²) in [4.78, 5) is 22.3. The van der Waals surface area contributed by atoms with Crippen molar-refractivity contribution in [1.82, 2.24) is 14.7 Å². The van der Waals surface area contributed by atoms with E-state index in [9.17, 15) is 9.18 Å². The Kier molecular flexibility index (Phi) is 6.72. The van der Waals surface area contributed by atoms with Gasteiger partial charge in [-0.2, -0.15) is 0 Å². The predicted molar refractivity (Wildman–Crippen MR) is 141 cm³/mol. The number of aromatic nitrogens is 2. The number of piperazine rings is 1. The average Bonchev–Trinajstić information content (AvgIpc) is 3.28. The number of rotatable bonds is 6. The van der Waals surface area contributed by atoms with Gasteiger partial charge in [0.2, 0.25) is 0 Å². The van der Waals surface area contributed by atoms with E-state index < -0.39 is 0 Å². The van der Waals surface area contributed by atoms with E-state index in [-0.39, 0.29) is 11.7 Å². The monoisotopic (exact) mass is 535 g/mol. The Hall–Kier alpha value is -3.39. The van der Waals surface area contributed by atoms with Gasteiger partial charge in [0.1, 0.15) is 11.5 Å². The molecule has 35 heavy (non-hydrogen) atoms. The molecule has 8 heteroatoms. The third-order valence-corrected chi connectivity index (χ3v) is 7.07. The van der Waals surface area contributed by atoms with E-state index in [1.807, 2.05) is 41.8 Å². The van der Waals surface area contributed by atoms with E-state index in [0.717, 1.165) is 53.2 Å². The lowest BCUT2D eigenvalue weighted by Crippen LogP contribution is -2.46. The number of hydrogen-bond acceptors (Lipinski definition) is 4. The molecule has 1 saturated heterocycles. The third kappa shape index (κ3) is 4.89. The Morgan fingerprint density at radius 1 is 0.971 bits per heavy atom. The van der Waals surface area contributed by atoms with Gasteiger partial charge < -0.3 is 15.1 Å². The number of benzene rings is 2. The van der Waals surface area contributed by atoms with Crippen LogP contribution in [0.1, 0.15) is 28.7 Å². The number of carbonyl (C=O) groups excluding carboxylic acids is 1. The molecule has 1 N–H and O–H groups in total. The van der Waals surface area contributed by atoms with E-state index >= 15 is 0 Å². The number of amides is 1. The maximum Gasteiger partial charge on any atom is 0.270 e. The van der Waals surface area contributed by atoms with Crippen molar-refractivity contribution in [3.05, 3.63) is 94.1 Å². The molecule has 4 aromatic rings. The number of anilines is 2. The van der Waals surface area contributed by atoms with Gasteiger partial charge in [0, 0.05) is 50.3 Å². The van der Waals surface area contributed by atoms with Crippen LogP contribution >= 0.6 is 15.9 Å². The highest BCUT2D eigenvalue weighted by Crippen LogP contribution is 2.23. The topological polar surface area (TPSA) is 52.9 Å². The summed E-state index contributed by atoms with van der Waals surface area (Å²) in [5, 5.41) is 3.05. The molecule has 6 nitrogen and oxygen atoms in total. The third-order valence-electron chi connectivity index (χ3n) is 6.45. The van der Waals surface area contributed by atoms with Crippen LogP contribution in [-0.4, -0.2) is 41.5 Å². The Morgan fingerprint density at radius 2 is 1.57 bits per heavy atom. The summed E-state index contributed by atoms with van der Waals surface area (Å²) in [6.45, 7) is 6.03. The minimum atomic E-state index is -0.207. The second-order valence-electron chi connectivity index (χ2n) is 8.61. The first-order valence-corrected chi connectivity index (χ1v) is 12.6. The van der Waals surface area contributed by atoms with Crippen LogP contribution < -0.4 is 15.1 Å². The predicted octanol–water partition coefficient (Wildman–Crippen LogP) is 5.05. The normalized spacial score (nSPS) is 13.9. The summed E-state index contributed by atoms with van der Waals surface area (Å²) in [5.41, 5.74) is 5.38. The zero-order valence-electron chi connectivity index (χ0n) is 19.5. The number of fused-ring (bicyclic) bond motifs is 1. The summed E-state index contributed by atoms with van der Waals surface area (Å²) < 4.78 is 15.9. The van der Waals surface area contributed by atoms with Gasteiger partial charge >= 0.3 is 0 Å². The van der Waals surface area contributed by atoms with Gasteiger partial charge in [0.05, 0.1) is 10.2 Å². The SMILES string of the molecule is CCc1nc2c(Br)cccn2c1C(=O)NCc1ccc(N2CCN(c3ccc(F)cc3)CC2)cc1. The van der Waals surface area contributed by atoms with Crippen molar-refractivity contribution < 1.29 is 9.18 Å². The van der Waals surface area contributed by atoms with Crippen molar-refractivity contribution in [2.24, 2.45) is 0 Å². The Balaban J connectivity index is 1.20. The summed E-state index contributed by atoms with van der Waals surface area (Å²) >= 11 is 3.52. The van der Waals surface area contributed by atoms with E-state index in [2.05, 4.69) is 60.3 Å². The zero-order valence-corrected chi connectivity index (χ0v) is 21.1. The smallest absolute Gasteiger partial charge is 0.270 e. The molecule has 1 aliphatic heterocycles. The molecule has 0 atom stereocenters. The number of carbonyl (C=O) groups is 1. The Labute approximate surface area is 212 Å². The summed E-state index contributed by atoms with van der Waals surface area (Å²) in [6.07, 6.45) is 2.55. The fraction of sp³-hybridized carbons (Fsp3) is 0.259. The largest absolute Gasteiger partial charge is 0.368 e. The number of nitrogens with one attached hydrogen (secondary N) is 1. The molecule has 3 heterocycles. The van der Waals surface area contributed by atoms with E-state index in [0.29, 0.717) is 18.7 Å². The first kappa shape index (κ1) is 23.4. The first-order valence-electron chi connectivity index (χ1n) is 11.8. The quantitative estimate of drug-likeness (QED) is 0.375. The van der Waals surface area contributed by atoms with E-state index in [1.54, 1.807) is 0 Å². The number of pyridine rings is 1. The van der Waals surface area contributed by atoms with Crippen molar-refractivity contribution in [2.75, 3.05) is 36.0 Å². The first-order chi connectivity index (χ1) is 17.0. The lowest BCUT2D eigenvalue weighted by Gasteiger charge is -2.37. The summed E-state index contributed by atoms with van der Waals surface area (Å²) in [7, 11) is 0. The molecule has 0 radical (unpaired) electrons. The highest BCUT2D eigenvalue weighted by Gasteiger charge is 2.20. The van der Waals surface area contributed by atoms with Crippen molar-refractivity contribution in [3.63, 3.8) is 0 Å². The van der Waals surface area contributed by atoms with Gasteiger partial charge in [-0.15, -0.1) is 0 Å². The molecule has 1 aliphatic rings. The van der Waals surface area contributed by atoms with Crippen LogP contribution in [0.4, 0.5) is 15.8 Å². The Morgan fingerprint density at radius 3 is 2.17 bits per heavy atom. The van der Waals surface area contributed by atoms with Crippen LogP contribution in [0.15, 0.2) is 71.3 Å². The maximum absolute atomic E-state index is 13.2. The van der Waals surface area contributed by atoms with Crippen molar-refractivity contribution in [3.8, 4) is 0 Å². The second-order valence-corrected chi connectivity index (χ2v) is 9.46. The van der Waals surface area contributed by atoms with Gasteiger partial charge in [-0.25, -0.2) is 9.37 Å². The molecule has 0 aliphatic carbocycles. The standard InChI is InChI=1S/C27H27BrFN5O/c1-2-24-25(34-13-3-4-23(28)26(34)31-24)27(35)30-18-19-5-9-21(10-6-19)32-14-16-33(17-15-32)22-11-7-20(29)8-12-22/h3-13H,2,14-18H2,1H3,(H,30,35). The van der Waals surface area contributed by atoms with Gasteiger partial charge in [-0.05, 0) is 76.4 Å². The van der Waals surface area contributed by atoms with Crippen LogP contribution in [0, 0.1) is 5.82 Å². The highest BCUT2D eigenvalue weighted by molar-refractivity contribution is 9.10. The van der Waals surface area contributed by atoms with Gasteiger partial charge in [0.15, 0.2) is 5.65 Å². The average molecular weight is 536 g/mol. The van der Waals surface area contributed by atoms with Crippen LogP contribution in [0.2, 0.25) is 0 Å². The lowest BCUT2D eigenvalue weighted by molar-refractivity contribution is 0.0944. The fourth-order valence-corrected chi connectivity index (χ4v) is 4.97. The number of nitrogens with zero attached hydrogens (tertiary/aromatic N) is 4. The molecule has 0 spiro atoms. The molecule has 0 saturated carbocycles. The van der Waals surface area contributed by atoms with Crippen molar-refractivity contribution in [2.45, 2.75) is 19.9 Å². The number of aryl methyl sites for hydroxylation is 1.